The minimum absolute atomic E-state index is 0.0291. The number of fused-ring (bicyclic) bond motifs is 1. The van der Waals surface area contributed by atoms with Crippen LogP contribution in [0.25, 0.3) is 10.9 Å². The molecule has 0 unspecified atom stereocenters. The van der Waals surface area contributed by atoms with Gasteiger partial charge in [-0.05, 0) is 50.0 Å². The van der Waals surface area contributed by atoms with E-state index in [2.05, 4.69) is 15.0 Å². The number of hydrogen-bond donors (Lipinski definition) is 2. The van der Waals surface area contributed by atoms with Crippen LogP contribution in [0.5, 0.6) is 0 Å². The highest BCUT2D eigenvalue weighted by molar-refractivity contribution is 5.84. The van der Waals surface area contributed by atoms with Gasteiger partial charge >= 0.3 is 6.09 Å². The summed E-state index contributed by atoms with van der Waals surface area (Å²) in [5.41, 5.74) is -0.389. The van der Waals surface area contributed by atoms with Crippen LogP contribution in [0, 0.1) is 0 Å². The lowest BCUT2D eigenvalue weighted by atomic mass is 10.0. The molecule has 5 nitrogen and oxygen atoms in total. The van der Waals surface area contributed by atoms with E-state index >= 15 is 0 Å². The summed E-state index contributed by atoms with van der Waals surface area (Å²) in [6.07, 6.45) is -6.84. The van der Waals surface area contributed by atoms with Crippen molar-refractivity contribution in [2.45, 2.75) is 18.8 Å². The Labute approximate surface area is 142 Å². The fourth-order valence-electron chi connectivity index (χ4n) is 1.97. The highest BCUT2D eigenvalue weighted by atomic mass is 16.6. The van der Waals surface area contributed by atoms with Crippen molar-refractivity contribution in [1.82, 2.24) is 15.2 Å². The van der Waals surface area contributed by atoms with Crippen LogP contribution in [0.2, 0.25) is 0 Å². The molecule has 112 valence electrons. The molecule has 1 aliphatic rings. The number of amides is 1. The fraction of sp³-hybridized carbons (Fsp3) is 0.438. The number of hydrogen-bond acceptors (Lipinski definition) is 3. The average Bonchev–Trinajstić information content (AvgIpc) is 3.11. The van der Waals surface area contributed by atoms with Crippen molar-refractivity contribution in [1.29, 1.82) is 0 Å². The Morgan fingerprint density at radius 2 is 2.52 bits per heavy atom. The van der Waals surface area contributed by atoms with Crippen LogP contribution in [-0.4, -0.2) is 49.1 Å². The Hall–Kier alpha value is -2.01. The van der Waals surface area contributed by atoms with Gasteiger partial charge in [0.15, 0.2) is 0 Å². The van der Waals surface area contributed by atoms with Crippen LogP contribution < -0.4 is 5.32 Å². The number of carbonyl (C=O) groups is 1. The maximum atomic E-state index is 11.5. The highest BCUT2D eigenvalue weighted by Gasteiger charge is 2.22. The van der Waals surface area contributed by atoms with Crippen molar-refractivity contribution < 1.29 is 27.4 Å². The summed E-state index contributed by atoms with van der Waals surface area (Å²) < 4.78 is 107. The summed E-state index contributed by atoms with van der Waals surface area (Å²) in [5, 5.41) is 2.05. The predicted octanol–water partition coefficient (Wildman–Crippen LogP) is 1.92. The van der Waals surface area contributed by atoms with E-state index < -0.39 is 63.7 Å². The molecule has 1 aliphatic heterocycles. The summed E-state index contributed by atoms with van der Waals surface area (Å²) in [6.45, 7) is -10.1. The summed E-state index contributed by atoms with van der Waals surface area (Å²) in [7, 11) is 0. The Kier molecular flexibility index (Phi) is 1.46. The molecule has 0 aliphatic carbocycles. The van der Waals surface area contributed by atoms with Gasteiger partial charge in [0.05, 0.1) is 10.2 Å². The largest absolute Gasteiger partial charge is 0.447 e. The number of carbonyl (C=O) groups excluding carboxylic acids is 1. The molecule has 1 saturated heterocycles. The standard InChI is InChI=1S/C16H21N3O2/c1-19(2)6-5-12-9-17-15-4-3-11(8-14(12)15)7-13-10-21-16(20)18-13/h3-4,8-9,13,17H,5-7,10H2,1-2H3,(H,18,20)/t13-/m0/s1/i1D3,2D3,5D2,7D2,9D,10D2. The van der Waals surface area contributed by atoms with Crippen LogP contribution in [0.4, 0.5) is 4.79 Å². The number of benzene rings is 1. The van der Waals surface area contributed by atoms with Gasteiger partial charge in [0, 0.05) is 37.3 Å². The molecule has 0 radical (unpaired) electrons. The van der Waals surface area contributed by atoms with E-state index in [-0.39, 0.29) is 21.4 Å². The summed E-state index contributed by atoms with van der Waals surface area (Å²) in [6, 6.07) is 1.97. The van der Waals surface area contributed by atoms with Gasteiger partial charge in [-0.2, -0.15) is 0 Å². The third kappa shape index (κ3) is 3.19. The van der Waals surface area contributed by atoms with Crippen LogP contribution in [0.3, 0.4) is 0 Å². The van der Waals surface area contributed by atoms with Crippen molar-refractivity contribution in [3.05, 3.63) is 35.5 Å². The van der Waals surface area contributed by atoms with Gasteiger partial charge in [-0.3, -0.25) is 0 Å². The summed E-state index contributed by atoms with van der Waals surface area (Å²) >= 11 is 0. The van der Waals surface area contributed by atoms with Crippen molar-refractivity contribution in [2.24, 2.45) is 0 Å². The smallest absolute Gasteiger partial charge is 0.407 e. The zero-order chi connectivity index (χ0) is 26.1. The number of aromatic nitrogens is 1. The van der Waals surface area contributed by atoms with Gasteiger partial charge < -0.3 is 19.9 Å². The first kappa shape index (κ1) is 5.32. The van der Waals surface area contributed by atoms with Crippen LogP contribution in [0.1, 0.15) is 28.9 Å². The monoisotopic (exact) mass is 300 g/mol. The lowest BCUT2D eigenvalue weighted by molar-refractivity contribution is 0.177. The highest BCUT2D eigenvalue weighted by Crippen LogP contribution is 2.21. The van der Waals surface area contributed by atoms with E-state index in [9.17, 15) is 4.79 Å². The number of aromatic amines is 1. The molecule has 1 aromatic heterocycles. The average molecular weight is 300 g/mol. The van der Waals surface area contributed by atoms with Gasteiger partial charge in [0.2, 0.25) is 0 Å². The van der Waals surface area contributed by atoms with E-state index in [1.165, 1.54) is 12.1 Å². The SMILES string of the molecule is [2H]c1[nH]c2ccc(C([2H])([2H])[C@@H]3NC(=O)OC3([2H])[2H])cc2c1C([2H])([2H])CN(C([2H])([2H])[2H])C([2H])([2H])[2H]. The molecule has 0 saturated carbocycles. The predicted molar refractivity (Wildman–Crippen MR) is 82.5 cm³/mol. The first-order chi connectivity index (χ1) is 15.2. The Morgan fingerprint density at radius 1 is 1.62 bits per heavy atom. The fourth-order valence-corrected chi connectivity index (χ4v) is 1.97. The molecular weight excluding hydrogens is 266 g/mol. The van der Waals surface area contributed by atoms with Crippen molar-refractivity contribution >= 4 is 17.0 Å². The maximum absolute atomic E-state index is 11.5. The molecule has 1 aromatic carbocycles. The zero-order valence-corrected chi connectivity index (χ0v) is 10.8. The molecule has 1 atom stereocenters. The lowest BCUT2D eigenvalue weighted by Crippen LogP contribution is -2.28. The first-order valence-electron chi connectivity index (χ1n) is 12.6. The van der Waals surface area contributed by atoms with E-state index in [4.69, 9.17) is 17.8 Å². The second-order valence-corrected chi connectivity index (χ2v) is 4.38. The molecule has 0 spiro atoms. The molecule has 3 rings (SSSR count). The minimum atomic E-state index is -3.16. The van der Waals surface area contributed by atoms with Crippen LogP contribution in [0.15, 0.2) is 24.4 Å². The molecular formula is C16H21N3O2. The third-order valence-corrected chi connectivity index (χ3v) is 2.87. The second kappa shape index (κ2) is 5.77. The molecule has 1 fully saturated rings. The van der Waals surface area contributed by atoms with E-state index in [0.717, 1.165) is 6.07 Å². The molecule has 1 amide bonds. The normalized spacial score (nSPS) is 32.3. The molecule has 2 heterocycles. The number of ether oxygens (including phenoxy) is 1. The van der Waals surface area contributed by atoms with Gasteiger partial charge in [0.25, 0.3) is 0 Å². The molecule has 5 heteroatoms. The first-order valence-corrected chi connectivity index (χ1v) is 6.08. The van der Waals surface area contributed by atoms with Gasteiger partial charge in [0.1, 0.15) is 6.56 Å². The number of nitrogens with zero attached hydrogens (tertiary/aromatic N) is 1. The molecule has 0 bridgehead atoms. The molecule has 2 N–H and O–H groups in total. The quantitative estimate of drug-likeness (QED) is 0.887. The number of H-pyrrole nitrogens is 1. The van der Waals surface area contributed by atoms with Gasteiger partial charge in [-0.1, -0.05) is 6.07 Å². The number of likely N-dealkylation sites (N-methyl/N-ethyl adjacent to an activating group) is 1. The van der Waals surface area contributed by atoms with E-state index in [0.29, 0.717) is 0 Å². The van der Waals surface area contributed by atoms with Crippen LogP contribution in [-0.2, 0) is 17.5 Å². The number of alkyl carbamates (subject to hydrolysis) is 1. The molecule has 2 aromatic rings. The second-order valence-electron chi connectivity index (χ2n) is 4.38. The Bertz CT molecular complexity index is 1090. The Balaban J connectivity index is 2.11. The van der Waals surface area contributed by atoms with E-state index in [1.807, 2.05) is 0 Å². The number of nitrogens with one attached hydrogen (secondary N) is 2. The summed E-state index contributed by atoms with van der Waals surface area (Å²) in [5.74, 6) is 0. The maximum Gasteiger partial charge on any atom is 0.407 e. The lowest BCUT2D eigenvalue weighted by Gasteiger charge is -2.09. The van der Waals surface area contributed by atoms with Crippen LogP contribution >= 0.6 is 0 Å². The molecule has 21 heavy (non-hydrogen) atoms. The Morgan fingerprint density at radius 3 is 3.29 bits per heavy atom. The third-order valence-electron chi connectivity index (χ3n) is 2.87. The van der Waals surface area contributed by atoms with Crippen molar-refractivity contribution in [3.8, 4) is 0 Å². The van der Waals surface area contributed by atoms with Crippen molar-refractivity contribution in [2.75, 3.05) is 27.1 Å². The van der Waals surface area contributed by atoms with Crippen molar-refractivity contribution in [3.63, 3.8) is 0 Å². The van der Waals surface area contributed by atoms with Gasteiger partial charge in [-0.15, -0.1) is 0 Å². The number of rotatable bonds is 5. The summed E-state index contributed by atoms with van der Waals surface area (Å²) in [4.78, 5) is 14.1. The number of cyclic esters (lactones) is 1. The van der Waals surface area contributed by atoms with E-state index in [1.54, 1.807) is 0 Å². The topological polar surface area (TPSA) is 57.4 Å². The minimum Gasteiger partial charge on any atom is -0.447 e. The van der Waals surface area contributed by atoms with Gasteiger partial charge in [-0.25, -0.2) is 4.79 Å². The zero-order valence-electron chi connectivity index (χ0n) is 23.8.